The van der Waals surface area contributed by atoms with Crippen LogP contribution in [0, 0.1) is 5.92 Å². The highest BCUT2D eigenvalue weighted by molar-refractivity contribution is 6.00. The fraction of sp³-hybridized carbons (Fsp3) is 0.321. The Balaban J connectivity index is 1.32. The summed E-state index contributed by atoms with van der Waals surface area (Å²) in [6.45, 7) is 2.52. The fourth-order valence-electron chi connectivity index (χ4n) is 7.23. The lowest BCUT2D eigenvalue weighted by Gasteiger charge is -2.31. The van der Waals surface area contributed by atoms with Crippen molar-refractivity contribution < 1.29 is 66.6 Å². The second-order valence-electron chi connectivity index (χ2n) is 16.2. The zero-order valence-corrected chi connectivity index (χ0v) is 40.3. The van der Waals surface area contributed by atoms with Crippen LogP contribution in [-0.4, -0.2) is 85.6 Å². The van der Waals surface area contributed by atoms with Gasteiger partial charge < -0.3 is 49.5 Å². The van der Waals surface area contributed by atoms with Crippen LogP contribution < -0.4 is 26.0 Å². The first-order chi connectivity index (χ1) is 34.9. The molecule has 4 N–H and O–H groups in total. The molecule has 0 radical (unpaired) electrons. The van der Waals surface area contributed by atoms with Gasteiger partial charge in [-0.05, 0) is 53.8 Å². The van der Waals surface area contributed by atoms with E-state index in [1.807, 2.05) is 19.1 Å². The van der Waals surface area contributed by atoms with E-state index < -0.39 is 72.8 Å². The molecule has 5 aromatic rings. The molecular formula is C53H59N5O14. The van der Waals surface area contributed by atoms with Gasteiger partial charge >= 0.3 is 24.0 Å². The summed E-state index contributed by atoms with van der Waals surface area (Å²) in [5.41, 5.74) is 2.26. The van der Waals surface area contributed by atoms with Gasteiger partial charge in [-0.15, -0.1) is 0 Å². The van der Waals surface area contributed by atoms with Gasteiger partial charge in [-0.3, -0.25) is 24.0 Å². The number of rotatable bonds is 28. The highest BCUT2D eigenvalue weighted by atomic mass is 16.7. The number of nitrogens with one attached hydrogen (secondary N) is 4. The number of benzene rings is 4. The van der Waals surface area contributed by atoms with Crippen molar-refractivity contribution in [2.24, 2.45) is 5.92 Å². The third-order valence-electron chi connectivity index (χ3n) is 11.0. The Morgan fingerprint density at radius 1 is 0.694 bits per heavy atom. The first kappa shape index (κ1) is 54.5. The SMILES string of the molecule is CCCCC[C@@H](C(=O)NCNC(=O)c1ccc(-c2ccc(C(=O)N[C@@H](CC(=O)OCc3ccccc3)C(=O)OCc3ccccc3)c(OCC(=O)OCc3ccccc3)c2)o1)[C@@H](CC)N(C=O)OC(=O)NC. The number of hydroxylamine groups is 2. The van der Waals surface area contributed by atoms with E-state index in [9.17, 15) is 38.4 Å². The molecule has 5 amide bonds. The summed E-state index contributed by atoms with van der Waals surface area (Å²) in [6, 6.07) is 31.4. The lowest BCUT2D eigenvalue weighted by Crippen LogP contribution is -2.49. The van der Waals surface area contributed by atoms with Crippen LogP contribution in [0.2, 0.25) is 0 Å². The van der Waals surface area contributed by atoms with Gasteiger partial charge in [0.15, 0.2) is 12.4 Å². The second-order valence-corrected chi connectivity index (χ2v) is 16.2. The summed E-state index contributed by atoms with van der Waals surface area (Å²) < 4.78 is 28.1. The average molecular weight is 990 g/mol. The van der Waals surface area contributed by atoms with E-state index in [2.05, 4.69) is 21.3 Å². The Hall–Kier alpha value is -8.48. The van der Waals surface area contributed by atoms with Crippen molar-refractivity contribution in [3.8, 4) is 17.1 Å². The molecule has 0 aliphatic heterocycles. The molecule has 19 nitrogen and oxygen atoms in total. The predicted molar refractivity (Wildman–Crippen MR) is 260 cm³/mol. The smallest absolute Gasteiger partial charge is 0.431 e. The monoisotopic (exact) mass is 989 g/mol. The van der Waals surface area contributed by atoms with E-state index in [0.717, 1.165) is 23.5 Å². The number of carbonyl (C=O) groups is 8. The Labute approximate surface area is 416 Å². The van der Waals surface area contributed by atoms with Crippen molar-refractivity contribution >= 4 is 48.1 Å². The number of esters is 3. The van der Waals surface area contributed by atoms with Crippen molar-refractivity contribution in [1.82, 2.24) is 26.3 Å². The van der Waals surface area contributed by atoms with Crippen molar-refractivity contribution in [2.75, 3.05) is 20.3 Å². The molecule has 4 aromatic carbocycles. The number of ether oxygens (including phenoxy) is 4. The van der Waals surface area contributed by atoms with Crippen molar-refractivity contribution in [3.05, 3.63) is 149 Å². The van der Waals surface area contributed by atoms with E-state index >= 15 is 0 Å². The van der Waals surface area contributed by atoms with Crippen LogP contribution in [0.15, 0.2) is 126 Å². The lowest BCUT2D eigenvalue weighted by molar-refractivity contribution is -0.169. The zero-order chi connectivity index (χ0) is 51.7. The Kier molecular flexibility index (Phi) is 21.8. The van der Waals surface area contributed by atoms with Gasteiger partial charge in [0.2, 0.25) is 12.3 Å². The van der Waals surface area contributed by atoms with Crippen LogP contribution in [0.5, 0.6) is 5.75 Å². The van der Waals surface area contributed by atoms with E-state index in [-0.39, 0.29) is 55.7 Å². The normalized spacial score (nSPS) is 11.9. The quantitative estimate of drug-likeness (QED) is 0.0104. The molecule has 19 heteroatoms. The second kappa shape index (κ2) is 28.9. The molecule has 0 saturated heterocycles. The van der Waals surface area contributed by atoms with Crippen LogP contribution in [0.25, 0.3) is 11.3 Å². The molecule has 0 saturated carbocycles. The number of amides is 5. The van der Waals surface area contributed by atoms with Crippen LogP contribution in [0.4, 0.5) is 4.79 Å². The molecule has 0 bridgehead atoms. The Morgan fingerprint density at radius 3 is 1.89 bits per heavy atom. The molecule has 0 spiro atoms. The number of hydrogen-bond donors (Lipinski definition) is 4. The number of unbranched alkanes of at least 4 members (excludes halogenated alkanes) is 2. The minimum atomic E-state index is -1.52. The lowest BCUT2D eigenvalue weighted by atomic mass is 9.90. The molecule has 5 rings (SSSR count). The van der Waals surface area contributed by atoms with Crippen LogP contribution in [-0.2, 0) is 62.8 Å². The molecule has 0 aliphatic rings. The largest absolute Gasteiger partial charge is 0.481 e. The average Bonchev–Trinajstić information content (AvgIpc) is 3.91. The van der Waals surface area contributed by atoms with Crippen LogP contribution >= 0.6 is 0 Å². The van der Waals surface area contributed by atoms with Crippen molar-refractivity contribution in [1.29, 1.82) is 0 Å². The summed E-state index contributed by atoms with van der Waals surface area (Å²) in [5, 5.41) is 10.9. The maximum atomic E-state index is 14.1. The minimum Gasteiger partial charge on any atom is -0.481 e. The summed E-state index contributed by atoms with van der Waals surface area (Å²) in [5.74, 6) is -5.46. The van der Waals surface area contributed by atoms with Gasteiger partial charge in [-0.1, -0.05) is 130 Å². The zero-order valence-electron chi connectivity index (χ0n) is 40.3. The number of furan rings is 1. The van der Waals surface area contributed by atoms with Gasteiger partial charge in [0.05, 0.1) is 30.6 Å². The standard InChI is InChI=1S/C53H59N5O14/c1-4-6-10-23-40(43(5-2)58(35-59)72-53(66)54-3)49(62)55-34-56-51(64)45-27-26-44(71-45)39-24-25-41(46(28-39)67-33-48(61)69-31-37-19-13-8-14-20-37)50(63)57-42(52(65)70-32-38-21-15-9-16-22-38)29-47(60)68-30-36-17-11-7-12-18-36/h7-9,11-22,24-28,35,40,42-43H,4-6,10,23,29-34H2,1-3H3,(H,54,66)(H,55,62)(H,56,64)(H,57,63)/t40-,42+,43-/m1/s1. The first-order valence-electron chi connectivity index (χ1n) is 23.4. The Morgan fingerprint density at radius 2 is 1.31 bits per heavy atom. The summed E-state index contributed by atoms with van der Waals surface area (Å²) in [6.07, 6.45) is 1.90. The third-order valence-corrected chi connectivity index (χ3v) is 11.0. The molecule has 72 heavy (non-hydrogen) atoms. The highest BCUT2D eigenvalue weighted by Crippen LogP contribution is 2.30. The van der Waals surface area contributed by atoms with Gasteiger partial charge in [0, 0.05) is 12.6 Å². The number of hydrogen-bond acceptors (Lipinski definition) is 14. The van der Waals surface area contributed by atoms with Gasteiger partial charge in [-0.2, -0.15) is 5.06 Å². The van der Waals surface area contributed by atoms with Gasteiger partial charge in [0.25, 0.3) is 11.8 Å². The molecule has 0 aliphatic carbocycles. The molecule has 1 aromatic heterocycles. The molecule has 1 heterocycles. The van der Waals surface area contributed by atoms with Crippen LogP contribution in [0.1, 0.15) is 90.0 Å². The molecule has 0 fully saturated rings. The maximum Gasteiger partial charge on any atom is 0.431 e. The molecular weight excluding hydrogens is 931 g/mol. The van der Waals surface area contributed by atoms with E-state index in [4.69, 9.17) is 28.2 Å². The topological polar surface area (TPSA) is 247 Å². The highest BCUT2D eigenvalue weighted by Gasteiger charge is 2.34. The summed E-state index contributed by atoms with van der Waals surface area (Å²) in [7, 11) is 1.34. The maximum absolute atomic E-state index is 14.1. The summed E-state index contributed by atoms with van der Waals surface area (Å²) >= 11 is 0. The van der Waals surface area contributed by atoms with Gasteiger partial charge in [0.1, 0.15) is 37.4 Å². The van der Waals surface area contributed by atoms with Crippen molar-refractivity contribution in [3.63, 3.8) is 0 Å². The number of carbonyl (C=O) groups excluding carboxylic acids is 8. The fourth-order valence-corrected chi connectivity index (χ4v) is 7.23. The third kappa shape index (κ3) is 17.2. The first-order valence-corrected chi connectivity index (χ1v) is 23.4. The van der Waals surface area contributed by atoms with E-state index in [1.54, 1.807) is 85.8 Å². The Bertz CT molecular complexity index is 2570. The van der Waals surface area contributed by atoms with Crippen LogP contribution in [0.3, 0.4) is 0 Å². The molecule has 0 unspecified atom stereocenters. The summed E-state index contributed by atoms with van der Waals surface area (Å²) in [4.78, 5) is 109. The molecule has 3 atom stereocenters. The van der Waals surface area contributed by atoms with Gasteiger partial charge in [-0.25, -0.2) is 14.4 Å². The van der Waals surface area contributed by atoms with E-state index in [0.29, 0.717) is 35.9 Å². The molecule has 380 valence electrons. The predicted octanol–water partition coefficient (Wildman–Crippen LogP) is 6.55. The van der Waals surface area contributed by atoms with E-state index in [1.165, 1.54) is 37.4 Å². The minimum absolute atomic E-state index is 0.0455. The van der Waals surface area contributed by atoms with Crippen molar-refractivity contribution in [2.45, 2.75) is 84.3 Å². The number of nitrogens with zero attached hydrogens (tertiary/aromatic N) is 1.